The van der Waals surface area contributed by atoms with Crippen LogP contribution in [0.2, 0.25) is 0 Å². The molecule has 0 spiro atoms. The SMILES string of the molecule is CC(C)N(CC(N)=O)CC(=O)Nc1cccc(C(=O)N(C)C)c1. The Morgan fingerprint density at radius 3 is 2.35 bits per heavy atom. The molecule has 23 heavy (non-hydrogen) atoms. The van der Waals surface area contributed by atoms with E-state index in [0.717, 1.165) is 0 Å². The Morgan fingerprint density at radius 2 is 1.83 bits per heavy atom. The zero-order chi connectivity index (χ0) is 17.6. The third-order valence-electron chi connectivity index (χ3n) is 3.24. The van der Waals surface area contributed by atoms with Gasteiger partial charge in [-0.2, -0.15) is 0 Å². The van der Waals surface area contributed by atoms with Gasteiger partial charge in [-0.05, 0) is 32.0 Å². The Bertz CT molecular complexity index is 584. The minimum absolute atomic E-state index is 0.00917. The molecule has 0 fully saturated rings. The molecule has 7 heteroatoms. The number of anilines is 1. The quantitative estimate of drug-likeness (QED) is 0.765. The van der Waals surface area contributed by atoms with Crippen LogP contribution >= 0.6 is 0 Å². The van der Waals surface area contributed by atoms with Gasteiger partial charge in [0.05, 0.1) is 13.1 Å². The highest BCUT2D eigenvalue weighted by Crippen LogP contribution is 2.12. The van der Waals surface area contributed by atoms with Gasteiger partial charge < -0.3 is 16.0 Å². The zero-order valence-corrected chi connectivity index (χ0v) is 14.0. The summed E-state index contributed by atoms with van der Waals surface area (Å²) in [5.74, 6) is -0.891. The number of carbonyl (C=O) groups excluding carboxylic acids is 3. The fourth-order valence-electron chi connectivity index (χ4n) is 1.99. The molecule has 0 saturated heterocycles. The molecule has 0 unspecified atom stereocenters. The monoisotopic (exact) mass is 320 g/mol. The van der Waals surface area contributed by atoms with Crippen molar-refractivity contribution in [3.05, 3.63) is 29.8 Å². The summed E-state index contributed by atoms with van der Waals surface area (Å²) in [5, 5.41) is 2.73. The average molecular weight is 320 g/mol. The van der Waals surface area contributed by atoms with E-state index >= 15 is 0 Å². The van der Waals surface area contributed by atoms with Crippen LogP contribution in [0.15, 0.2) is 24.3 Å². The summed E-state index contributed by atoms with van der Waals surface area (Å²) in [5.41, 5.74) is 6.21. The molecule has 0 aliphatic rings. The third-order valence-corrected chi connectivity index (χ3v) is 3.24. The summed E-state index contributed by atoms with van der Waals surface area (Å²) in [6.07, 6.45) is 0. The first-order valence-corrected chi connectivity index (χ1v) is 7.34. The second-order valence-corrected chi connectivity index (χ2v) is 5.79. The van der Waals surface area contributed by atoms with Crippen LogP contribution in [0, 0.1) is 0 Å². The van der Waals surface area contributed by atoms with Gasteiger partial charge in [0, 0.05) is 31.4 Å². The molecule has 0 radical (unpaired) electrons. The van der Waals surface area contributed by atoms with Crippen molar-refractivity contribution in [2.45, 2.75) is 19.9 Å². The first kappa shape index (κ1) is 18.6. The average Bonchev–Trinajstić information content (AvgIpc) is 2.45. The fraction of sp³-hybridized carbons (Fsp3) is 0.438. The lowest BCUT2D eigenvalue weighted by Gasteiger charge is -2.24. The summed E-state index contributed by atoms with van der Waals surface area (Å²) in [6, 6.07) is 6.73. The number of hydrogen-bond acceptors (Lipinski definition) is 4. The molecule has 0 aromatic heterocycles. The lowest BCUT2D eigenvalue weighted by molar-refractivity contribution is -0.121. The van der Waals surface area contributed by atoms with E-state index in [2.05, 4.69) is 5.32 Å². The summed E-state index contributed by atoms with van der Waals surface area (Å²) < 4.78 is 0. The van der Waals surface area contributed by atoms with E-state index < -0.39 is 5.91 Å². The Labute approximate surface area is 136 Å². The van der Waals surface area contributed by atoms with Gasteiger partial charge in [0.2, 0.25) is 11.8 Å². The number of carbonyl (C=O) groups is 3. The largest absolute Gasteiger partial charge is 0.369 e. The molecular formula is C16H24N4O3. The summed E-state index contributed by atoms with van der Waals surface area (Å²) in [6.45, 7) is 3.83. The Balaban J connectivity index is 2.75. The van der Waals surface area contributed by atoms with Gasteiger partial charge in [0.25, 0.3) is 5.91 Å². The summed E-state index contributed by atoms with van der Waals surface area (Å²) in [4.78, 5) is 38.2. The molecule has 7 nitrogen and oxygen atoms in total. The number of hydrogen-bond donors (Lipinski definition) is 2. The molecule has 3 amide bonds. The van der Waals surface area contributed by atoms with Crippen molar-refractivity contribution in [1.29, 1.82) is 0 Å². The maximum absolute atomic E-state index is 12.1. The second kappa shape index (κ2) is 8.28. The van der Waals surface area contributed by atoms with Gasteiger partial charge in [0.15, 0.2) is 0 Å². The molecule has 1 aromatic carbocycles. The Morgan fingerprint density at radius 1 is 1.17 bits per heavy atom. The summed E-state index contributed by atoms with van der Waals surface area (Å²) >= 11 is 0. The molecule has 0 saturated carbocycles. The lowest BCUT2D eigenvalue weighted by Crippen LogP contribution is -2.43. The minimum atomic E-state index is -0.481. The van der Waals surface area contributed by atoms with Crippen LogP contribution in [-0.4, -0.2) is 60.7 Å². The first-order valence-electron chi connectivity index (χ1n) is 7.34. The van der Waals surface area contributed by atoms with E-state index in [9.17, 15) is 14.4 Å². The molecule has 1 rings (SSSR count). The Hall–Kier alpha value is -2.41. The molecule has 0 atom stereocenters. The van der Waals surface area contributed by atoms with E-state index in [1.165, 1.54) is 4.90 Å². The van der Waals surface area contributed by atoms with E-state index in [0.29, 0.717) is 11.3 Å². The smallest absolute Gasteiger partial charge is 0.253 e. The van der Waals surface area contributed by atoms with Gasteiger partial charge in [-0.1, -0.05) is 6.07 Å². The number of nitrogens with zero attached hydrogens (tertiary/aromatic N) is 2. The third kappa shape index (κ3) is 6.07. The van der Waals surface area contributed by atoms with Gasteiger partial charge in [-0.15, -0.1) is 0 Å². The van der Waals surface area contributed by atoms with Crippen molar-refractivity contribution in [2.24, 2.45) is 5.73 Å². The van der Waals surface area contributed by atoms with Gasteiger partial charge in [0.1, 0.15) is 0 Å². The summed E-state index contributed by atoms with van der Waals surface area (Å²) in [7, 11) is 3.33. The van der Waals surface area contributed by atoms with Crippen LogP contribution in [-0.2, 0) is 9.59 Å². The lowest BCUT2D eigenvalue weighted by atomic mass is 10.2. The molecule has 3 N–H and O–H groups in total. The van der Waals surface area contributed by atoms with Crippen molar-refractivity contribution in [3.63, 3.8) is 0 Å². The topological polar surface area (TPSA) is 95.7 Å². The van der Waals surface area contributed by atoms with Crippen molar-refractivity contribution in [1.82, 2.24) is 9.80 Å². The zero-order valence-electron chi connectivity index (χ0n) is 14.0. The van der Waals surface area contributed by atoms with Crippen LogP contribution in [0.1, 0.15) is 24.2 Å². The van der Waals surface area contributed by atoms with Crippen molar-refractivity contribution < 1.29 is 14.4 Å². The molecular weight excluding hydrogens is 296 g/mol. The first-order chi connectivity index (χ1) is 10.7. The van der Waals surface area contributed by atoms with Gasteiger partial charge in [-0.25, -0.2) is 0 Å². The van der Waals surface area contributed by atoms with Gasteiger partial charge >= 0.3 is 0 Å². The van der Waals surface area contributed by atoms with E-state index in [1.54, 1.807) is 43.3 Å². The molecule has 0 aliphatic carbocycles. The van der Waals surface area contributed by atoms with Crippen LogP contribution in [0.5, 0.6) is 0 Å². The number of benzene rings is 1. The molecule has 126 valence electrons. The van der Waals surface area contributed by atoms with Crippen molar-refractivity contribution in [2.75, 3.05) is 32.5 Å². The van der Waals surface area contributed by atoms with E-state index in [-0.39, 0.29) is 30.9 Å². The number of nitrogens with one attached hydrogen (secondary N) is 1. The standard InChI is InChI=1S/C16H24N4O3/c1-11(2)20(9-14(17)21)10-15(22)18-13-7-5-6-12(8-13)16(23)19(3)4/h5-8,11H,9-10H2,1-4H3,(H2,17,21)(H,18,22). The maximum atomic E-state index is 12.1. The van der Waals surface area contributed by atoms with Crippen molar-refractivity contribution >= 4 is 23.4 Å². The number of rotatable bonds is 7. The normalized spacial score (nSPS) is 10.7. The highest BCUT2D eigenvalue weighted by atomic mass is 16.2. The second-order valence-electron chi connectivity index (χ2n) is 5.79. The molecule has 0 aliphatic heterocycles. The minimum Gasteiger partial charge on any atom is -0.369 e. The fourth-order valence-corrected chi connectivity index (χ4v) is 1.99. The number of nitrogens with two attached hydrogens (primary N) is 1. The van der Waals surface area contributed by atoms with Crippen molar-refractivity contribution in [3.8, 4) is 0 Å². The highest BCUT2D eigenvalue weighted by molar-refractivity contribution is 5.97. The number of amides is 3. The van der Waals surface area contributed by atoms with E-state index in [1.807, 2.05) is 13.8 Å². The number of primary amides is 1. The predicted octanol–water partition coefficient (Wildman–Crippen LogP) is 0.523. The van der Waals surface area contributed by atoms with Crippen LogP contribution in [0.25, 0.3) is 0 Å². The molecule has 0 bridgehead atoms. The maximum Gasteiger partial charge on any atom is 0.253 e. The highest BCUT2D eigenvalue weighted by Gasteiger charge is 2.16. The van der Waals surface area contributed by atoms with E-state index in [4.69, 9.17) is 5.73 Å². The van der Waals surface area contributed by atoms with Gasteiger partial charge in [-0.3, -0.25) is 19.3 Å². The van der Waals surface area contributed by atoms with Crippen LogP contribution < -0.4 is 11.1 Å². The Kier molecular flexibility index (Phi) is 6.71. The van der Waals surface area contributed by atoms with Crippen LogP contribution in [0.4, 0.5) is 5.69 Å². The molecule has 0 heterocycles. The molecule has 1 aromatic rings. The van der Waals surface area contributed by atoms with Crippen LogP contribution in [0.3, 0.4) is 0 Å². The predicted molar refractivity (Wildman–Crippen MR) is 89.0 cm³/mol.